The topological polar surface area (TPSA) is 294 Å². The first-order valence-corrected chi connectivity index (χ1v) is 37.9. The number of aromatic nitrogens is 12. The van der Waals surface area contributed by atoms with Gasteiger partial charge in [0.05, 0.1) is 53.9 Å². The average Bonchev–Trinajstić information content (AvgIpc) is 1.28. The summed E-state index contributed by atoms with van der Waals surface area (Å²) in [5, 5.41) is 23.1. The highest BCUT2D eigenvalue weighted by molar-refractivity contribution is 6.34. The zero-order valence-electron chi connectivity index (χ0n) is 63.1. The molecule has 36 heteroatoms. The van der Waals surface area contributed by atoms with Crippen molar-refractivity contribution in [2.45, 2.75) is 65.9 Å². The van der Waals surface area contributed by atoms with Crippen molar-refractivity contribution < 1.29 is 50.3 Å². The van der Waals surface area contributed by atoms with Gasteiger partial charge < -0.3 is 25.8 Å². The van der Waals surface area contributed by atoms with Gasteiger partial charge in [-0.1, -0.05) is 82.3 Å². The second-order valence-electron chi connectivity index (χ2n) is 26.8. The summed E-state index contributed by atoms with van der Waals surface area (Å²) in [6, 6.07) is 41.4. The molecular formula is C81H73Cl5F6N20O5. The van der Waals surface area contributed by atoms with Crippen molar-refractivity contribution in [2.75, 3.05) is 79.4 Å². The number of amides is 5. The van der Waals surface area contributed by atoms with Crippen LogP contribution in [0.3, 0.4) is 0 Å². The van der Waals surface area contributed by atoms with Gasteiger partial charge in [0.2, 0.25) is 17.8 Å². The molecule has 12 aromatic rings. The number of pyridine rings is 6. The maximum Gasteiger partial charge on any atom is 0.433 e. The molecule has 0 spiro atoms. The number of rotatable bonds is 19. The molecule has 0 atom stereocenters. The first kappa shape index (κ1) is 86.0. The van der Waals surface area contributed by atoms with E-state index < -0.39 is 40.6 Å². The Morgan fingerprint density at radius 3 is 1.56 bits per heavy atom. The number of hydrogen-bond donors (Lipinski definition) is 5. The lowest BCUT2D eigenvalue weighted by atomic mass is 10.1. The summed E-state index contributed by atoms with van der Waals surface area (Å²) in [6.45, 7) is 14.5. The highest BCUT2D eigenvalue weighted by atomic mass is 35.5. The Labute approximate surface area is 692 Å². The Morgan fingerprint density at radius 2 is 1.05 bits per heavy atom. The molecule has 604 valence electrons. The number of anilines is 5. The van der Waals surface area contributed by atoms with E-state index in [4.69, 9.17) is 58.0 Å². The summed E-state index contributed by atoms with van der Waals surface area (Å²) in [6.07, 6.45) is 2.41. The number of carbonyl (C=O) groups excluding carboxylic acids is 5. The number of halogens is 11. The number of aryl methyl sites for hydroxylation is 4. The normalized spacial score (nSPS) is 12.9. The van der Waals surface area contributed by atoms with Crippen molar-refractivity contribution in [2.24, 2.45) is 0 Å². The fraction of sp³-hybridized carbons (Fsp3) is 0.222. The predicted octanol–water partition coefficient (Wildman–Crippen LogP) is 17.3. The second kappa shape index (κ2) is 39.2. The molecule has 0 bridgehead atoms. The van der Waals surface area contributed by atoms with Crippen LogP contribution < -0.4 is 26.6 Å². The fourth-order valence-electron chi connectivity index (χ4n) is 11.8. The van der Waals surface area contributed by atoms with Crippen LogP contribution in [0.2, 0.25) is 25.2 Å². The number of alkyl halides is 6. The molecule has 4 aromatic carbocycles. The number of carbonyl (C=O) groups is 5. The Balaban J connectivity index is 0.000000154. The van der Waals surface area contributed by atoms with Crippen LogP contribution >= 0.6 is 58.0 Å². The van der Waals surface area contributed by atoms with E-state index in [1.165, 1.54) is 40.6 Å². The van der Waals surface area contributed by atoms with Crippen molar-refractivity contribution >= 4 is 117 Å². The van der Waals surface area contributed by atoms with E-state index in [9.17, 15) is 50.3 Å². The van der Waals surface area contributed by atoms with Gasteiger partial charge in [0.25, 0.3) is 23.6 Å². The molecule has 2 saturated heterocycles. The number of piperazine rings is 1. The predicted molar refractivity (Wildman–Crippen MR) is 437 cm³/mol. The van der Waals surface area contributed by atoms with E-state index in [0.717, 1.165) is 110 Å². The molecule has 5 N–H and O–H groups in total. The quantitative estimate of drug-likeness (QED) is 0.0285. The van der Waals surface area contributed by atoms with E-state index in [1.807, 2.05) is 98.5 Å². The van der Waals surface area contributed by atoms with Crippen molar-refractivity contribution in [3.05, 3.63) is 276 Å². The molecule has 0 radical (unpaired) electrons. The van der Waals surface area contributed by atoms with Crippen LogP contribution in [0.4, 0.5) is 55.4 Å². The van der Waals surface area contributed by atoms with E-state index in [0.29, 0.717) is 90.3 Å². The summed E-state index contributed by atoms with van der Waals surface area (Å²) in [5.41, 5.74) is 6.85. The van der Waals surface area contributed by atoms with Gasteiger partial charge >= 0.3 is 12.4 Å². The van der Waals surface area contributed by atoms with Gasteiger partial charge in [0.15, 0.2) is 11.6 Å². The molecule has 0 saturated carbocycles. The molecular weight excluding hydrogens is 1620 g/mol. The Hall–Kier alpha value is -11.8. The summed E-state index contributed by atoms with van der Waals surface area (Å²) < 4.78 is 79.1. The molecule has 2 aliphatic heterocycles. The summed E-state index contributed by atoms with van der Waals surface area (Å²) in [5.74, 6) is -0.610. The van der Waals surface area contributed by atoms with Crippen LogP contribution in [0, 0.1) is 27.7 Å². The monoisotopic (exact) mass is 1690 g/mol. The van der Waals surface area contributed by atoms with Gasteiger partial charge in [-0.3, -0.25) is 49.5 Å². The summed E-state index contributed by atoms with van der Waals surface area (Å²) in [4.78, 5) is 101. The van der Waals surface area contributed by atoms with Gasteiger partial charge in [-0.15, -0.1) is 10.2 Å². The zero-order valence-corrected chi connectivity index (χ0v) is 66.9. The zero-order chi connectivity index (χ0) is 83.7. The molecule has 0 unspecified atom stereocenters. The highest BCUT2D eigenvalue weighted by Gasteiger charge is 2.34. The minimum Gasteiger partial charge on any atom is -0.370 e. The SMILES string of the molecule is CN1CCN(Cc2ccc(C(=O)Nc3ccc(Cl)c(-c4ccccn4)c3)cc2)CC1.Cc1cc(C(=O)Nc2ncn(-c3ncc(C)cc3Cl)n2)cc(C(F)(F)F)c1.Cc1cnc(-n2cnc(NC(=O)c3ccc(C(F)(F)F)nc3Cl)n2)c(Cl)c1.Cc1nc(NCCCN2CCCC2=O)ccc1C(=O)Nc1ccc(Cl)c(-c2ccccn2)c1. The lowest BCUT2D eigenvalue weighted by Crippen LogP contribution is -2.43. The molecule has 2 fully saturated rings. The molecule has 117 heavy (non-hydrogen) atoms. The first-order valence-electron chi connectivity index (χ1n) is 36.1. The van der Waals surface area contributed by atoms with Crippen LogP contribution in [0.15, 0.2) is 189 Å². The molecule has 14 rings (SSSR count). The maximum atomic E-state index is 12.9. The number of nitrogens with zero attached hydrogens (tertiary/aromatic N) is 15. The van der Waals surface area contributed by atoms with Gasteiger partial charge in [-0.2, -0.15) is 45.7 Å². The van der Waals surface area contributed by atoms with Gasteiger partial charge in [-0.05, 0) is 197 Å². The van der Waals surface area contributed by atoms with Crippen molar-refractivity contribution in [1.29, 1.82) is 0 Å². The number of hydrogen-bond acceptors (Lipinski definition) is 18. The van der Waals surface area contributed by atoms with Gasteiger partial charge in [0.1, 0.15) is 29.3 Å². The van der Waals surface area contributed by atoms with E-state index in [1.54, 1.807) is 73.3 Å². The van der Waals surface area contributed by atoms with Crippen molar-refractivity contribution in [1.82, 2.24) is 74.1 Å². The second-order valence-corrected chi connectivity index (χ2v) is 28.8. The van der Waals surface area contributed by atoms with Crippen LogP contribution in [0.1, 0.15) is 99.9 Å². The van der Waals surface area contributed by atoms with Crippen LogP contribution in [-0.2, 0) is 23.7 Å². The number of likely N-dealkylation sites (tertiary alicyclic amines) is 1. The standard InChI is InChI=1S/C25H26ClN5O2.C24H25ClN4O.C17H13ClF3N5O.C15H9Cl2F3N6O/c1-17-19(9-11-23(29-17)28-13-5-15-31-14-4-7-24(31)32)25(33)30-18-8-10-21(26)20(16-18)22-6-2-3-12-27-22;1-28-12-14-29(15-13-28)17-18-5-7-19(8-6-18)24(30)27-20-9-10-22(25)21(16-20)23-4-2-3-11-26-23;1-9-3-11(6-12(4-9)17(19,20)21)15(27)24-16-23-8-26(25-16)14-13(18)5-10(2)7-22-14;1-7-4-9(16)12(21-5-7)26-6-22-14(25-26)24-13(27)8-2-3-10(15(18,19)20)23-11(8)17/h2-3,6,8-12,16H,4-5,7,13-15H2,1H3,(H,28,29)(H,30,33);2-11,16H,12-15,17H2,1H3,(H,27,30);3-8H,1-2H3,(H,24,25,27);2-6H,1H3,(H,24,25,27). The Kier molecular flexibility index (Phi) is 28.8. The maximum absolute atomic E-state index is 12.9. The molecule has 0 aliphatic carbocycles. The average molecular weight is 1700 g/mol. The van der Waals surface area contributed by atoms with Crippen LogP contribution in [-0.4, -0.2) is 157 Å². The lowest BCUT2D eigenvalue weighted by molar-refractivity contribution is -0.141. The van der Waals surface area contributed by atoms with Gasteiger partial charge in [0, 0.05) is 117 Å². The fourth-order valence-corrected chi connectivity index (χ4v) is 13.1. The molecule has 8 aromatic heterocycles. The third kappa shape index (κ3) is 23.9. The minimum absolute atomic E-state index is 0.0893. The van der Waals surface area contributed by atoms with Crippen molar-refractivity contribution in [3.8, 4) is 34.2 Å². The highest BCUT2D eigenvalue weighted by Crippen LogP contribution is 2.35. The largest absolute Gasteiger partial charge is 0.433 e. The first-order chi connectivity index (χ1) is 55.9. The van der Waals surface area contributed by atoms with Crippen LogP contribution in [0.25, 0.3) is 34.2 Å². The van der Waals surface area contributed by atoms with Crippen LogP contribution in [0.5, 0.6) is 0 Å². The van der Waals surface area contributed by atoms with E-state index in [2.05, 4.69) is 93.5 Å². The van der Waals surface area contributed by atoms with E-state index >= 15 is 0 Å². The smallest absolute Gasteiger partial charge is 0.370 e. The summed E-state index contributed by atoms with van der Waals surface area (Å²) >= 11 is 30.6. The summed E-state index contributed by atoms with van der Waals surface area (Å²) in [7, 11) is 2.16. The molecule has 2 aliphatic rings. The molecule has 10 heterocycles. The lowest BCUT2D eigenvalue weighted by Gasteiger charge is -2.32. The third-order valence-corrected chi connectivity index (χ3v) is 19.3. The molecule has 5 amide bonds. The third-order valence-electron chi connectivity index (χ3n) is 17.8. The Morgan fingerprint density at radius 1 is 0.504 bits per heavy atom. The molecule has 25 nitrogen and oxygen atoms in total. The Bertz CT molecular complexity index is 5550. The van der Waals surface area contributed by atoms with Gasteiger partial charge in [-0.25, -0.2) is 19.9 Å². The number of nitrogens with one attached hydrogen (secondary N) is 5. The number of likely N-dealkylation sites (N-methyl/N-ethyl adjacent to an activating group) is 1. The minimum atomic E-state index is -4.67. The number of benzene rings is 4. The van der Waals surface area contributed by atoms with E-state index in [-0.39, 0.29) is 40.7 Å². The van der Waals surface area contributed by atoms with Crippen molar-refractivity contribution in [3.63, 3.8) is 0 Å².